The normalized spacial score (nSPS) is 28.4. The molecule has 2 unspecified atom stereocenters. The number of Topliss-reactive ketones (excluding diaryl/α,β-unsaturated/α-hetero) is 4. The molecule has 0 radical (unpaired) electrons. The molecule has 1 aromatic carbocycles. The van der Waals surface area contributed by atoms with E-state index in [-0.39, 0.29) is 18.4 Å². The lowest BCUT2D eigenvalue weighted by molar-refractivity contribution is -0.175. The maximum atomic E-state index is 13.8. The SMILES string of the molecule is CC(C)(C)OC(=O)n1cccc1-c1ccc(O)c2c1C[C@H]1C[C@H]3CC(=O)C(C(N)=O)C(=O)[C@@]3(O)C(=O)C1C2=O. The molecule has 5 atom stereocenters. The highest BCUT2D eigenvalue weighted by atomic mass is 16.6. The topological polar surface area (TPSA) is 183 Å². The quantitative estimate of drug-likeness (QED) is 0.480. The highest BCUT2D eigenvalue weighted by Crippen LogP contribution is 2.51. The van der Waals surface area contributed by atoms with Crippen molar-refractivity contribution in [3.63, 3.8) is 0 Å². The molecule has 2 saturated carbocycles. The first-order valence-electron chi connectivity index (χ1n) is 12.6. The van der Waals surface area contributed by atoms with Crippen LogP contribution in [0.4, 0.5) is 4.79 Å². The highest BCUT2D eigenvalue weighted by molar-refractivity contribution is 6.31. The van der Waals surface area contributed by atoms with E-state index < -0.39 is 82.2 Å². The third-order valence-electron chi connectivity index (χ3n) is 7.90. The van der Waals surface area contributed by atoms with E-state index in [9.17, 15) is 39.0 Å². The molecule has 2 fully saturated rings. The van der Waals surface area contributed by atoms with Crippen LogP contribution >= 0.6 is 0 Å². The van der Waals surface area contributed by atoms with Crippen LogP contribution in [0.15, 0.2) is 30.5 Å². The number of fused-ring (bicyclic) bond motifs is 3. The Balaban J connectivity index is 1.59. The van der Waals surface area contributed by atoms with Gasteiger partial charge in [0.15, 0.2) is 34.7 Å². The smallest absolute Gasteiger partial charge is 0.418 e. The van der Waals surface area contributed by atoms with Gasteiger partial charge in [0.1, 0.15) is 11.4 Å². The fourth-order valence-electron chi connectivity index (χ4n) is 6.28. The Morgan fingerprint density at radius 2 is 1.77 bits per heavy atom. The zero-order valence-corrected chi connectivity index (χ0v) is 21.6. The molecular weight excluding hydrogens is 508 g/mol. The summed E-state index contributed by atoms with van der Waals surface area (Å²) in [7, 11) is 0. The first-order valence-corrected chi connectivity index (χ1v) is 12.6. The Hall–Kier alpha value is -4.12. The zero-order valence-electron chi connectivity index (χ0n) is 21.6. The number of ether oxygens (including phenoxy) is 1. The maximum absolute atomic E-state index is 13.8. The number of benzene rings is 1. The first kappa shape index (κ1) is 26.5. The number of hydrogen-bond donors (Lipinski definition) is 3. The van der Waals surface area contributed by atoms with Gasteiger partial charge in [-0.2, -0.15) is 0 Å². The van der Waals surface area contributed by atoms with Gasteiger partial charge in [0.05, 0.1) is 17.2 Å². The summed E-state index contributed by atoms with van der Waals surface area (Å²) in [6.45, 7) is 5.18. The summed E-state index contributed by atoms with van der Waals surface area (Å²) in [6.07, 6.45) is 0.512. The monoisotopic (exact) mass is 536 g/mol. The van der Waals surface area contributed by atoms with E-state index in [0.717, 1.165) is 0 Å². The summed E-state index contributed by atoms with van der Waals surface area (Å²) in [4.78, 5) is 77.6. The molecule has 0 spiro atoms. The van der Waals surface area contributed by atoms with Gasteiger partial charge in [0.25, 0.3) is 0 Å². The van der Waals surface area contributed by atoms with Crippen molar-refractivity contribution in [2.75, 3.05) is 0 Å². The number of rotatable bonds is 2. The molecule has 1 heterocycles. The molecule has 3 aliphatic carbocycles. The number of aromatic nitrogens is 1. The molecule has 4 N–H and O–H groups in total. The van der Waals surface area contributed by atoms with Crippen molar-refractivity contribution < 1.29 is 43.7 Å². The van der Waals surface area contributed by atoms with Crippen LogP contribution in [0.3, 0.4) is 0 Å². The van der Waals surface area contributed by atoms with Crippen molar-refractivity contribution in [2.45, 2.75) is 51.2 Å². The molecular formula is C28H28N2O9. The van der Waals surface area contributed by atoms with Gasteiger partial charge in [-0.15, -0.1) is 0 Å². The first-order chi connectivity index (χ1) is 18.2. The highest BCUT2D eigenvalue weighted by Gasteiger charge is 2.66. The summed E-state index contributed by atoms with van der Waals surface area (Å²) >= 11 is 0. The molecule has 11 heteroatoms. The lowest BCUT2D eigenvalue weighted by Crippen LogP contribution is -2.68. The number of phenolic OH excluding ortho intramolecular Hbond substituents is 1. The Bertz CT molecular complexity index is 1480. The third kappa shape index (κ3) is 3.91. The fourth-order valence-corrected chi connectivity index (χ4v) is 6.28. The van der Waals surface area contributed by atoms with Crippen LogP contribution < -0.4 is 5.73 Å². The summed E-state index contributed by atoms with van der Waals surface area (Å²) in [6, 6.07) is 6.12. The van der Waals surface area contributed by atoms with Gasteiger partial charge < -0.3 is 20.7 Å². The van der Waals surface area contributed by atoms with E-state index in [1.165, 1.54) is 16.8 Å². The minimum atomic E-state index is -2.71. The van der Waals surface area contributed by atoms with E-state index in [0.29, 0.717) is 16.8 Å². The number of ketones is 4. The van der Waals surface area contributed by atoms with Gasteiger partial charge in [-0.1, -0.05) is 0 Å². The van der Waals surface area contributed by atoms with Crippen LogP contribution in [-0.2, 0) is 30.3 Å². The minimum Gasteiger partial charge on any atom is -0.507 e. The lowest BCUT2D eigenvalue weighted by Gasteiger charge is -2.48. The number of nitrogens with zero attached hydrogens (tertiary/aromatic N) is 1. The summed E-state index contributed by atoms with van der Waals surface area (Å²) in [5, 5.41) is 22.0. The number of aliphatic hydroxyl groups is 1. The third-order valence-corrected chi connectivity index (χ3v) is 7.90. The molecule has 2 aromatic rings. The number of carbonyl (C=O) groups excluding carboxylic acids is 6. The average molecular weight is 537 g/mol. The average Bonchev–Trinajstić information content (AvgIpc) is 3.30. The van der Waals surface area contributed by atoms with E-state index in [2.05, 4.69) is 0 Å². The number of hydrogen-bond acceptors (Lipinski definition) is 9. The Morgan fingerprint density at radius 3 is 2.41 bits per heavy atom. The minimum absolute atomic E-state index is 0.0246. The van der Waals surface area contributed by atoms with Gasteiger partial charge in [0.2, 0.25) is 5.91 Å². The molecule has 39 heavy (non-hydrogen) atoms. The van der Waals surface area contributed by atoms with Crippen molar-refractivity contribution in [2.24, 2.45) is 29.4 Å². The van der Waals surface area contributed by atoms with Gasteiger partial charge in [-0.3, -0.25) is 28.5 Å². The van der Waals surface area contributed by atoms with Crippen LogP contribution in [-0.4, -0.2) is 61.1 Å². The Morgan fingerprint density at radius 1 is 1.08 bits per heavy atom. The zero-order chi connectivity index (χ0) is 28.6. The fraction of sp³-hybridized carbons (Fsp3) is 0.429. The molecule has 11 nitrogen and oxygen atoms in total. The summed E-state index contributed by atoms with van der Waals surface area (Å²) in [5.41, 5.74) is 2.85. The molecule has 0 bridgehead atoms. The number of nitrogens with two attached hydrogens (primary N) is 1. The van der Waals surface area contributed by atoms with Crippen LogP contribution in [0, 0.1) is 23.7 Å². The van der Waals surface area contributed by atoms with Gasteiger partial charge >= 0.3 is 6.09 Å². The second-order valence-corrected chi connectivity index (χ2v) is 11.5. The second-order valence-electron chi connectivity index (χ2n) is 11.5. The van der Waals surface area contributed by atoms with E-state index in [1.807, 2.05) is 0 Å². The van der Waals surface area contributed by atoms with Crippen LogP contribution in [0.2, 0.25) is 0 Å². The molecule has 0 aliphatic heterocycles. The van der Waals surface area contributed by atoms with Crippen molar-refractivity contribution in [3.05, 3.63) is 41.6 Å². The number of carbonyl (C=O) groups is 6. The van der Waals surface area contributed by atoms with Crippen LogP contribution in [0.1, 0.15) is 49.5 Å². The van der Waals surface area contributed by atoms with E-state index >= 15 is 0 Å². The maximum Gasteiger partial charge on any atom is 0.418 e. The molecule has 1 aromatic heterocycles. The van der Waals surface area contributed by atoms with Gasteiger partial charge in [0, 0.05) is 24.1 Å². The largest absolute Gasteiger partial charge is 0.507 e. The lowest BCUT2D eigenvalue weighted by atomic mass is 9.53. The van der Waals surface area contributed by atoms with Gasteiger partial charge in [-0.25, -0.2) is 4.79 Å². The predicted octanol–water partition coefficient (Wildman–Crippen LogP) is 1.58. The molecule has 204 valence electrons. The second kappa shape index (κ2) is 8.70. The van der Waals surface area contributed by atoms with Crippen molar-refractivity contribution in [3.8, 4) is 17.0 Å². The number of amides is 1. The molecule has 3 aliphatic rings. The molecule has 0 saturated heterocycles. The van der Waals surface area contributed by atoms with Crippen molar-refractivity contribution >= 4 is 35.1 Å². The van der Waals surface area contributed by atoms with E-state index in [1.54, 1.807) is 39.0 Å². The van der Waals surface area contributed by atoms with Gasteiger partial charge in [-0.05, 0) is 69.4 Å². The van der Waals surface area contributed by atoms with Crippen molar-refractivity contribution in [1.82, 2.24) is 4.57 Å². The molecule has 1 amide bonds. The molecule has 5 rings (SSSR count). The number of phenols is 1. The summed E-state index contributed by atoms with van der Waals surface area (Å²) < 4.78 is 6.77. The van der Waals surface area contributed by atoms with Crippen molar-refractivity contribution in [1.29, 1.82) is 0 Å². The van der Waals surface area contributed by atoms with E-state index in [4.69, 9.17) is 10.5 Å². The Kier molecular flexibility index (Phi) is 5.91. The number of aromatic hydroxyl groups is 1. The van der Waals surface area contributed by atoms with Crippen LogP contribution in [0.25, 0.3) is 11.3 Å². The predicted molar refractivity (Wildman–Crippen MR) is 134 cm³/mol. The van der Waals surface area contributed by atoms with Crippen LogP contribution in [0.5, 0.6) is 5.75 Å². The Labute approximate surface area is 222 Å². The standard InChI is InChI=1S/C28H28N2O9/c1-27(2,3)39-26(37)30-8-4-5-16(30)14-6-7-17(31)20-15(14)10-12-9-13-11-18(32)21(25(29)36)24(35)28(13,38)23(34)19(12)22(20)33/h4-8,12-13,19,21,31,38H,9-11H2,1-3H3,(H2,29,36)/t12-,13+,19?,21?,28+/m1/s1. The number of primary amides is 1. The summed E-state index contributed by atoms with van der Waals surface area (Å²) in [5.74, 6) is -10.9.